The van der Waals surface area contributed by atoms with Gasteiger partial charge in [-0.15, -0.1) is 0 Å². The molecule has 2 aromatic rings. The lowest BCUT2D eigenvalue weighted by Crippen LogP contribution is -2.48. The van der Waals surface area contributed by atoms with Gasteiger partial charge in [0.2, 0.25) is 5.91 Å². The molecule has 2 aromatic carbocycles. The van der Waals surface area contributed by atoms with Crippen LogP contribution in [0, 0.1) is 0 Å². The summed E-state index contributed by atoms with van der Waals surface area (Å²) in [6.07, 6.45) is 0. The number of nitrogens with one attached hydrogen (secondary N) is 1. The molecule has 1 N–H and O–H groups in total. The maximum absolute atomic E-state index is 12.7. The second-order valence-electron chi connectivity index (χ2n) is 6.82. The number of para-hydroxylation sites is 1. The van der Waals surface area contributed by atoms with E-state index < -0.39 is 5.76 Å². The van der Waals surface area contributed by atoms with E-state index in [-0.39, 0.29) is 12.5 Å². The van der Waals surface area contributed by atoms with Crippen molar-refractivity contribution in [1.82, 2.24) is 9.80 Å². The molecule has 156 valence electrons. The first-order chi connectivity index (χ1) is 14.0. The summed E-state index contributed by atoms with van der Waals surface area (Å²) in [5.41, 5.74) is 1.66. The zero-order chi connectivity index (χ0) is 20.6. The van der Waals surface area contributed by atoms with E-state index in [0.29, 0.717) is 22.3 Å². The maximum Gasteiger partial charge on any atom is 0.288 e. The van der Waals surface area contributed by atoms with E-state index in [9.17, 15) is 13.6 Å². The van der Waals surface area contributed by atoms with Crippen molar-refractivity contribution in [1.29, 1.82) is 0 Å². The minimum Gasteiger partial charge on any atom is -0.497 e. The van der Waals surface area contributed by atoms with E-state index in [4.69, 9.17) is 4.74 Å². The van der Waals surface area contributed by atoms with E-state index in [2.05, 4.69) is 27.2 Å². The molecule has 3 rings (SSSR count). The van der Waals surface area contributed by atoms with Crippen molar-refractivity contribution in [2.24, 2.45) is 0 Å². The first kappa shape index (κ1) is 21.5. The lowest BCUT2D eigenvalue weighted by Gasteiger charge is -2.34. The Balaban J connectivity index is 1.45. The number of ether oxygens (including phenoxy) is 1. The Morgan fingerprint density at radius 3 is 2.38 bits per heavy atom. The zero-order valence-corrected chi connectivity index (χ0v) is 17.1. The van der Waals surface area contributed by atoms with Gasteiger partial charge in [-0.25, -0.2) is 0 Å². The normalized spacial score (nSPS) is 15.4. The Hall–Kier alpha value is -2.16. The van der Waals surface area contributed by atoms with Crippen LogP contribution in [0.2, 0.25) is 0 Å². The smallest absolute Gasteiger partial charge is 0.288 e. The number of carbonyl (C=O) groups is 1. The molecule has 8 heteroatoms. The molecule has 0 spiro atoms. The number of nitrogens with zero attached hydrogens (tertiary/aromatic N) is 2. The number of hydrogen-bond acceptors (Lipinski definition) is 5. The van der Waals surface area contributed by atoms with Crippen LogP contribution < -0.4 is 10.1 Å². The Bertz CT molecular complexity index is 797. The summed E-state index contributed by atoms with van der Waals surface area (Å²) in [5, 5.41) is 2.76. The highest BCUT2D eigenvalue weighted by molar-refractivity contribution is 7.99. The molecular weight excluding hydrogens is 396 g/mol. The summed E-state index contributed by atoms with van der Waals surface area (Å²) in [5.74, 6) is -1.86. The van der Waals surface area contributed by atoms with Crippen LogP contribution in [0.1, 0.15) is 5.56 Å². The van der Waals surface area contributed by atoms with E-state index in [0.717, 1.165) is 38.5 Å². The molecule has 0 aliphatic carbocycles. The van der Waals surface area contributed by atoms with Gasteiger partial charge in [-0.3, -0.25) is 14.6 Å². The minimum atomic E-state index is -2.52. The Morgan fingerprint density at radius 2 is 1.72 bits per heavy atom. The second-order valence-corrected chi connectivity index (χ2v) is 7.86. The number of benzene rings is 2. The van der Waals surface area contributed by atoms with Gasteiger partial charge in [0.05, 0.1) is 19.3 Å². The third kappa shape index (κ3) is 6.69. The Kier molecular flexibility index (Phi) is 7.85. The highest BCUT2D eigenvalue weighted by Crippen LogP contribution is 2.31. The highest BCUT2D eigenvalue weighted by atomic mass is 32.2. The number of halogens is 2. The number of anilines is 1. The summed E-state index contributed by atoms with van der Waals surface area (Å²) in [7, 11) is 1.65. The average molecular weight is 422 g/mol. The summed E-state index contributed by atoms with van der Waals surface area (Å²) < 4.78 is 30.5. The average Bonchev–Trinajstić information content (AvgIpc) is 2.71. The van der Waals surface area contributed by atoms with Gasteiger partial charge in [0.15, 0.2) is 0 Å². The number of methoxy groups -OCH3 is 1. The van der Waals surface area contributed by atoms with Crippen LogP contribution in [0.15, 0.2) is 53.4 Å². The first-order valence-electron chi connectivity index (χ1n) is 9.45. The maximum atomic E-state index is 12.7. The third-order valence-corrected chi connectivity index (χ3v) is 5.56. The van der Waals surface area contributed by atoms with E-state index in [1.165, 1.54) is 5.56 Å². The van der Waals surface area contributed by atoms with Crippen molar-refractivity contribution < 1.29 is 18.3 Å². The predicted molar refractivity (Wildman–Crippen MR) is 112 cm³/mol. The van der Waals surface area contributed by atoms with Gasteiger partial charge < -0.3 is 10.1 Å². The van der Waals surface area contributed by atoms with Crippen molar-refractivity contribution in [2.75, 3.05) is 45.2 Å². The van der Waals surface area contributed by atoms with Crippen LogP contribution in [-0.2, 0) is 11.3 Å². The number of amides is 1. The Labute approximate surface area is 174 Å². The molecule has 0 atom stereocenters. The second kappa shape index (κ2) is 10.6. The first-order valence-corrected chi connectivity index (χ1v) is 10.3. The largest absolute Gasteiger partial charge is 0.497 e. The lowest BCUT2D eigenvalue weighted by atomic mass is 10.2. The Morgan fingerprint density at radius 1 is 1.07 bits per heavy atom. The monoisotopic (exact) mass is 421 g/mol. The quantitative estimate of drug-likeness (QED) is 0.658. The molecule has 0 bridgehead atoms. The van der Waals surface area contributed by atoms with Crippen molar-refractivity contribution in [3.63, 3.8) is 0 Å². The molecule has 0 unspecified atom stereocenters. The summed E-state index contributed by atoms with van der Waals surface area (Å²) >= 11 is 0.440. The van der Waals surface area contributed by atoms with Crippen molar-refractivity contribution in [3.8, 4) is 5.75 Å². The van der Waals surface area contributed by atoms with Gasteiger partial charge in [-0.05, 0) is 29.8 Å². The summed E-state index contributed by atoms with van der Waals surface area (Å²) in [6, 6.07) is 14.7. The SMILES string of the molecule is COc1ccc(CN2CCN(CC(=O)Nc3ccccc3SC(F)F)CC2)cc1. The van der Waals surface area contributed by atoms with Crippen LogP contribution in [-0.4, -0.2) is 61.3 Å². The summed E-state index contributed by atoms with van der Waals surface area (Å²) in [6.45, 7) is 4.44. The molecule has 1 aliphatic heterocycles. The molecule has 1 fully saturated rings. The standard InChI is InChI=1S/C21H25F2N3O2S/c1-28-17-8-6-16(7-9-17)14-25-10-12-26(13-11-25)15-20(27)24-18-4-2-3-5-19(18)29-21(22)23/h2-9,21H,10-15H2,1H3,(H,24,27). The van der Waals surface area contributed by atoms with Crippen LogP contribution in [0.25, 0.3) is 0 Å². The van der Waals surface area contributed by atoms with E-state index >= 15 is 0 Å². The minimum absolute atomic E-state index is 0.184. The molecule has 1 amide bonds. The number of rotatable bonds is 8. The van der Waals surface area contributed by atoms with Gasteiger partial charge in [0.1, 0.15) is 5.75 Å². The fourth-order valence-corrected chi connectivity index (χ4v) is 3.85. The fraction of sp³-hybridized carbons (Fsp3) is 0.381. The molecule has 1 aliphatic rings. The number of carbonyl (C=O) groups excluding carboxylic acids is 1. The molecule has 0 radical (unpaired) electrons. The summed E-state index contributed by atoms with van der Waals surface area (Å²) in [4.78, 5) is 17.2. The zero-order valence-electron chi connectivity index (χ0n) is 16.3. The molecule has 29 heavy (non-hydrogen) atoms. The number of alkyl halides is 2. The molecule has 0 saturated carbocycles. The fourth-order valence-electron chi connectivity index (χ4n) is 3.26. The van der Waals surface area contributed by atoms with Crippen molar-refractivity contribution >= 4 is 23.4 Å². The lowest BCUT2D eigenvalue weighted by molar-refractivity contribution is -0.117. The molecule has 1 saturated heterocycles. The van der Waals surface area contributed by atoms with Crippen molar-refractivity contribution in [3.05, 3.63) is 54.1 Å². The van der Waals surface area contributed by atoms with Gasteiger partial charge in [-0.2, -0.15) is 8.78 Å². The molecule has 1 heterocycles. The van der Waals surface area contributed by atoms with E-state index in [1.54, 1.807) is 31.4 Å². The topological polar surface area (TPSA) is 44.8 Å². The highest BCUT2D eigenvalue weighted by Gasteiger charge is 2.20. The van der Waals surface area contributed by atoms with E-state index in [1.807, 2.05) is 12.1 Å². The third-order valence-electron chi connectivity index (χ3n) is 4.77. The predicted octanol–water partition coefficient (Wildman–Crippen LogP) is 3.77. The molecular formula is C21H25F2N3O2S. The van der Waals surface area contributed by atoms with Crippen LogP contribution in [0.5, 0.6) is 5.75 Å². The molecule has 5 nitrogen and oxygen atoms in total. The van der Waals surface area contributed by atoms with Gasteiger partial charge >= 0.3 is 0 Å². The number of hydrogen-bond donors (Lipinski definition) is 1. The van der Waals surface area contributed by atoms with Crippen LogP contribution >= 0.6 is 11.8 Å². The molecule has 0 aromatic heterocycles. The van der Waals surface area contributed by atoms with Crippen LogP contribution in [0.4, 0.5) is 14.5 Å². The number of thioether (sulfide) groups is 1. The van der Waals surface area contributed by atoms with Crippen LogP contribution in [0.3, 0.4) is 0 Å². The van der Waals surface area contributed by atoms with Crippen molar-refractivity contribution in [2.45, 2.75) is 17.2 Å². The van der Waals surface area contributed by atoms with Gasteiger partial charge in [0.25, 0.3) is 5.76 Å². The number of piperazine rings is 1. The van der Waals surface area contributed by atoms with Gasteiger partial charge in [0, 0.05) is 37.6 Å². The van der Waals surface area contributed by atoms with Gasteiger partial charge in [-0.1, -0.05) is 36.0 Å².